The van der Waals surface area contributed by atoms with Gasteiger partial charge in [-0.2, -0.15) is 0 Å². The van der Waals surface area contributed by atoms with Crippen LogP contribution < -0.4 is 0 Å². The van der Waals surface area contributed by atoms with Crippen molar-refractivity contribution in [2.45, 2.75) is 37.9 Å². The zero-order chi connectivity index (χ0) is 31.8. The van der Waals surface area contributed by atoms with E-state index in [2.05, 4.69) is 86.4 Å². The van der Waals surface area contributed by atoms with Gasteiger partial charge >= 0.3 is 11.9 Å². The highest BCUT2D eigenvalue weighted by atomic mass is 16.5. The van der Waals surface area contributed by atoms with Crippen molar-refractivity contribution in [1.29, 1.82) is 0 Å². The third-order valence-electron chi connectivity index (χ3n) is 10.1. The first-order valence-electron chi connectivity index (χ1n) is 15.5. The number of fused-ring (bicyclic) bond motifs is 9. The Morgan fingerprint density at radius 1 is 0.674 bits per heavy atom. The van der Waals surface area contributed by atoms with Gasteiger partial charge in [-0.05, 0) is 75.9 Å². The minimum absolute atomic E-state index is 0.114. The van der Waals surface area contributed by atoms with Gasteiger partial charge < -0.3 is 14.2 Å². The molecule has 0 unspecified atom stereocenters. The van der Waals surface area contributed by atoms with Crippen molar-refractivity contribution in [3.63, 3.8) is 0 Å². The van der Waals surface area contributed by atoms with Gasteiger partial charge in [0.2, 0.25) is 0 Å². The van der Waals surface area contributed by atoms with E-state index in [1.807, 2.05) is 36.4 Å². The van der Waals surface area contributed by atoms with Crippen LogP contribution in [0.15, 0.2) is 97.1 Å². The van der Waals surface area contributed by atoms with Crippen LogP contribution >= 0.6 is 0 Å². The zero-order valence-electron chi connectivity index (χ0n) is 26.2. The monoisotopic (exact) mass is 604 g/mol. The van der Waals surface area contributed by atoms with E-state index in [1.54, 1.807) is 0 Å². The molecule has 0 fully saturated rings. The van der Waals surface area contributed by atoms with Crippen LogP contribution in [-0.4, -0.2) is 26.2 Å². The Morgan fingerprint density at radius 2 is 1.24 bits per heavy atom. The third-order valence-corrected chi connectivity index (χ3v) is 10.1. The molecule has 226 valence electrons. The average Bonchev–Trinajstić information content (AvgIpc) is 3.71. The Balaban J connectivity index is 1.52. The molecule has 2 bridgehead atoms. The van der Waals surface area contributed by atoms with Gasteiger partial charge in [0.05, 0.1) is 14.2 Å². The lowest BCUT2D eigenvalue weighted by atomic mass is 9.73. The summed E-state index contributed by atoms with van der Waals surface area (Å²) in [5.41, 5.74) is 4.49. The van der Waals surface area contributed by atoms with E-state index in [4.69, 9.17) is 14.2 Å². The summed E-state index contributed by atoms with van der Waals surface area (Å²) in [6.45, 7) is 4.15. The fourth-order valence-corrected chi connectivity index (χ4v) is 8.13. The van der Waals surface area contributed by atoms with Crippen molar-refractivity contribution >= 4 is 33.5 Å². The first-order chi connectivity index (χ1) is 22.2. The summed E-state index contributed by atoms with van der Waals surface area (Å²) in [5.74, 6) is 5.92. The smallest absolute Gasteiger partial charge is 0.323 e. The summed E-state index contributed by atoms with van der Waals surface area (Å²) in [7, 11) is 2.64. The standard InChI is InChI=1S/C41H32O5/c1-39-21-22-40(2,46-39)36-34(30-18-10-15-26-12-6-8-17-29(26)30)31(20-19-27-14-9-13-25-11-5-7-16-28(25)27)32-23-41(37(42)44-3,38(43)45-4)24-33(32)35(36)39/h5-18,21-22H,23-24H2,1-4H3/t39-,40+/m1/s1. The number of hydrogen-bond donors (Lipinski definition) is 0. The van der Waals surface area contributed by atoms with Crippen molar-refractivity contribution in [3.8, 4) is 23.0 Å². The molecule has 5 aromatic rings. The molecular formula is C41H32O5. The molecule has 0 spiro atoms. The van der Waals surface area contributed by atoms with Gasteiger partial charge in [0.25, 0.3) is 0 Å². The maximum Gasteiger partial charge on any atom is 0.323 e. The number of ether oxygens (including phenoxy) is 3. The molecule has 1 aliphatic carbocycles. The molecule has 5 aromatic carbocycles. The van der Waals surface area contributed by atoms with Crippen molar-refractivity contribution in [1.82, 2.24) is 0 Å². The van der Waals surface area contributed by atoms with E-state index in [0.29, 0.717) is 0 Å². The fraction of sp³-hybridized carbons (Fsp3) is 0.220. The SMILES string of the molecule is COC(=O)C1(C(=O)OC)Cc2c(C#Cc3cccc4ccccc34)c(-c3cccc4ccccc34)c3c(c2C1)[C@@]1(C)C=C[C@]3(C)O1. The van der Waals surface area contributed by atoms with Crippen LogP contribution in [-0.2, 0) is 47.8 Å². The van der Waals surface area contributed by atoms with E-state index in [1.165, 1.54) is 14.2 Å². The number of methoxy groups -OCH3 is 2. The molecule has 3 aliphatic rings. The molecular weight excluding hydrogens is 572 g/mol. The highest BCUT2D eigenvalue weighted by Gasteiger charge is 2.60. The van der Waals surface area contributed by atoms with Crippen LogP contribution in [0.1, 0.15) is 47.2 Å². The number of esters is 2. The van der Waals surface area contributed by atoms with Gasteiger partial charge in [0, 0.05) is 35.1 Å². The fourth-order valence-electron chi connectivity index (χ4n) is 8.13. The maximum atomic E-state index is 13.6. The second kappa shape index (κ2) is 9.91. The minimum Gasteiger partial charge on any atom is -0.468 e. The van der Waals surface area contributed by atoms with Gasteiger partial charge in [0.1, 0.15) is 11.2 Å². The Bertz CT molecular complexity index is 2220. The van der Waals surface area contributed by atoms with Crippen LogP contribution in [0.5, 0.6) is 0 Å². The molecule has 0 radical (unpaired) electrons. The molecule has 0 saturated carbocycles. The average molecular weight is 605 g/mol. The van der Waals surface area contributed by atoms with Gasteiger partial charge in [-0.15, -0.1) is 0 Å². The van der Waals surface area contributed by atoms with Crippen LogP contribution in [0, 0.1) is 17.3 Å². The first kappa shape index (κ1) is 28.3. The van der Waals surface area contributed by atoms with Crippen LogP contribution in [0.3, 0.4) is 0 Å². The molecule has 2 atom stereocenters. The van der Waals surface area contributed by atoms with Crippen LogP contribution in [0.25, 0.3) is 32.7 Å². The van der Waals surface area contributed by atoms with E-state index < -0.39 is 28.6 Å². The Kier molecular flexibility index (Phi) is 6.10. The van der Waals surface area contributed by atoms with Crippen LogP contribution in [0.4, 0.5) is 0 Å². The highest BCUT2D eigenvalue weighted by Crippen LogP contribution is 2.61. The van der Waals surface area contributed by atoms with E-state index >= 15 is 0 Å². The second-order valence-corrected chi connectivity index (χ2v) is 12.8. The Morgan fingerprint density at radius 3 is 1.93 bits per heavy atom. The summed E-state index contributed by atoms with van der Waals surface area (Å²) < 4.78 is 17.4. The summed E-state index contributed by atoms with van der Waals surface area (Å²) >= 11 is 0. The van der Waals surface area contributed by atoms with Crippen LogP contribution in [0.2, 0.25) is 0 Å². The lowest BCUT2D eigenvalue weighted by Gasteiger charge is -2.27. The molecule has 8 rings (SSSR count). The molecule has 0 saturated heterocycles. The molecule has 0 aromatic heterocycles. The molecule has 5 nitrogen and oxygen atoms in total. The number of benzene rings is 5. The molecule has 0 amide bonds. The van der Waals surface area contributed by atoms with Crippen molar-refractivity contribution in [2.24, 2.45) is 5.41 Å². The lowest BCUT2D eigenvalue weighted by molar-refractivity contribution is -0.168. The van der Waals surface area contributed by atoms with Gasteiger partial charge in [-0.3, -0.25) is 9.59 Å². The van der Waals surface area contributed by atoms with Gasteiger partial charge in [-0.25, -0.2) is 0 Å². The normalized spacial score (nSPS) is 21.5. The third kappa shape index (κ3) is 3.80. The second-order valence-electron chi connectivity index (χ2n) is 12.8. The zero-order valence-corrected chi connectivity index (χ0v) is 26.2. The predicted molar refractivity (Wildman–Crippen MR) is 178 cm³/mol. The quantitative estimate of drug-likeness (QED) is 0.0923. The summed E-state index contributed by atoms with van der Waals surface area (Å²) in [6, 6.07) is 29.0. The summed E-state index contributed by atoms with van der Waals surface area (Å²) in [5, 5.41) is 4.36. The van der Waals surface area contributed by atoms with Crippen molar-refractivity contribution in [2.75, 3.05) is 14.2 Å². The molecule has 5 heteroatoms. The number of hydrogen-bond acceptors (Lipinski definition) is 5. The Labute approximate surface area is 267 Å². The summed E-state index contributed by atoms with van der Waals surface area (Å²) in [4.78, 5) is 27.1. The number of carbonyl (C=O) groups excluding carboxylic acids is 2. The van der Waals surface area contributed by atoms with Crippen molar-refractivity contribution < 1.29 is 23.8 Å². The van der Waals surface area contributed by atoms with Gasteiger partial charge in [0.15, 0.2) is 5.41 Å². The largest absolute Gasteiger partial charge is 0.468 e. The highest BCUT2D eigenvalue weighted by molar-refractivity contribution is 6.04. The minimum atomic E-state index is -1.53. The molecule has 0 N–H and O–H groups in total. The number of carbonyl (C=O) groups is 2. The van der Waals surface area contributed by atoms with E-state index in [-0.39, 0.29) is 12.8 Å². The lowest BCUT2D eigenvalue weighted by Crippen LogP contribution is -2.42. The first-order valence-corrected chi connectivity index (χ1v) is 15.5. The Hall–Kier alpha value is -5.18. The molecule has 2 heterocycles. The van der Waals surface area contributed by atoms with Crippen molar-refractivity contribution in [3.05, 3.63) is 130 Å². The van der Waals surface area contributed by atoms with E-state index in [9.17, 15) is 9.59 Å². The topological polar surface area (TPSA) is 61.8 Å². The predicted octanol–water partition coefficient (Wildman–Crippen LogP) is 7.52. The number of rotatable bonds is 3. The van der Waals surface area contributed by atoms with Gasteiger partial charge in [-0.1, -0.05) is 90.7 Å². The molecule has 2 aliphatic heterocycles. The van der Waals surface area contributed by atoms with E-state index in [0.717, 1.165) is 66.1 Å². The maximum absolute atomic E-state index is 13.6. The molecule has 46 heavy (non-hydrogen) atoms. The summed E-state index contributed by atoms with van der Waals surface area (Å²) in [6.07, 6.45) is 4.48.